The number of nitro groups is 1. The molecule has 1 N–H and O–H groups in total. The minimum Gasteiger partial charge on any atom is -0.477 e. The number of pyridine rings is 1. The van der Waals surface area contributed by atoms with E-state index in [9.17, 15) is 14.9 Å². The summed E-state index contributed by atoms with van der Waals surface area (Å²) in [7, 11) is 0. The van der Waals surface area contributed by atoms with Gasteiger partial charge in [-0.15, -0.1) is 0 Å². The molecular weight excluding hydrogens is 274 g/mol. The van der Waals surface area contributed by atoms with E-state index in [1.165, 1.54) is 6.07 Å². The van der Waals surface area contributed by atoms with Gasteiger partial charge in [0.1, 0.15) is 17.6 Å². The Balaban J connectivity index is 3.23. The molecule has 1 rings (SSSR count). The summed E-state index contributed by atoms with van der Waals surface area (Å²) in [5.41, 5.74) is -0.805. The number of carboxylic acid groups (broad SMARTS) is 1. The third-order valence-corrected chi connectivity index (χ3v) is 3.47. The largest absolute Gasteiger partial charge is 0.477 e. The number of rotatable bonds is 8. The number of aromatic carboxylic acids is 1. The highest BCUT2D eigenvalue weighted by molar-refractivity contribution is 5.93. The summed E-state index contributed by atoms with van der Waals surface area (Å²) >= 11 is 0. The zero-order valence-corrected chi connectivity index (χ0v) is 12.6. The molecule has 0 saturated carbocycles. The van der Waals surface area contributed by atoms with Crippen molar-refractivity contribution in [2.24, 2.45) is 0 Å². The average Bonchev–Trinajstić information content (AvgIpc) is 2.46. The molecule has 0 aliphatic rings. The molecule has 0 aliphatic carbocycles. The van der Waals surface area contributed by atoms with E-state index in [2.05, 4.69) is 11.9 Å². The topological polar surface area (TPSA) is 96.6 Å². The fourth-order valence-corrected chi connectivity index (χ4v) is 2.02. The minimum atomic E-state index is -1.31. The lowest BCUT2D eigenvalue weighted by atomic mass is 10.1. The van der Waals surface area contributed by atoms with Crippen LogP contribution in [0.4, 0.5) is 11.5 Å². The van der Waals surface area contributed by atoms with Crippen molar-refractivity contribution in [2.75, 3.05) is 11.4 Å². The molecular formula is C14H21N3O4. The van der Waals surface area contributed by atoms with E-state index >= 15 is 0 Å². The standard InChI is InChI=1S/C14H21N3O4/c1-4-6-7-16(10(3)5-2)13-8-11(14(18)19)12(9-15-13)17(20)21/h8-10H,4-7H2,1-3H3,(H,18,19). The van der Waals surface area contributed by atoms with Crippen LogP contribution in [-0.2, 0) is 0 Å². The van der Waals surface area contributed by atoms with Crippen LogP contribution in [0, 0.1) is 10.1 Å². The van der Waals surface area contributed by atoms with E-state index in [0.717, 1.165) is 32.0 Å². The highest BCUT2D eigenvalue weighted by Gasteiger charge is 2.23. The number of anilines is 1. The fourth-order valence-electron chi connectivity index (χ4n) is 2.02. The van der Waals surface area contributed by atoms with Gasteiger partial charge in [0.05, 0.1) is 4.92 Å². The van der Waals surface area contributed by atoms with E-state index in [1.54, 1.807) is 0 Å². The molecule has 1 heterocycles. The molecule has 0 aromatic carbocycles. The van der Waals surface area contributed by atoms with Crippen molar-refractivity contribution in [1.82, 2.24) is 4.98 Å². The van der Waals surface area contributed by atoms with Crippen molar-refractivity contribution in [1.29, 1.82) is 0 Å². The van der Waals surface area contributed by atoms with Crippen molar-refractivity contribution in [3.8, 4) is 0 Å². The first kappa shape index (κ1) is 16.9. The highest BCUT2D eigenvalue weighted by atomic mass is 16.6. The lowest BCUT2D eigenvalue weighted by Gasteiger charge is -2.29. The van der Waals surface area contributed by atoms with E-state index < -0.39 is 16.6 Å². The van der Waals surface area contributed by atoms with Gasteiger partial charge in [0.2, 0.25) is 0 Å². The first-order chi connectivity index (χ1) is 9.92. The molecule has 1 aromatic rings. The normalized spacial score (nSPS) is 12.0. The maximum absolute atomic E-state index is 11.2. The van der Waals surface area contributed by atoms with E-state index in [1.807, 2.05) is 18.7 Å². The lowest BCUT2D eigenvalue weighted by molar-refractivity contribution is -0.385. The van der Waals surface area contributed by atoms with Crippen LogP contribution in [0.15, 0.2) is 12.3 Å². The molecule has 1 aromatic heterocycles. The number of nitrogens with zero attached hydrogens (tertiary/aromatic N) is 3. The molecule has 0 spiro atoms. The summed E-state index contributed by atoms with van der Waals surface area (Å²) in [5, 5.41) is 20.0. The van der Waals surface area contributed by atoms with Crippen molar-refractivity contribution in [3.63, 3.8) is 0 Å². The first-order valence-corrected chi connectivity index (χ1v) is 7.06. The smallest absolute Gasteiger partial charge is 0.342 e. The third-order valence-electron chi connectivity index (χ3n) is 3.47. The molecule has 0 aliphatic heterocycles. The van der Waals surface area contributed by atoms with Gasteiger partial charge >= 0.3 is 11.7 Å². The van der Waals surface area contributed by atoms with Crippen LogP contribution < -0.4 is 4.90 Å². The van der Waals surface area contributed by atoms with Crippen LogP contribution in [0.1, 0.15) is 50.4 Å². The van der Waals surface area contributed by atoms with Gasteiger partial charge in [0, 0.05) is 18.7 Å². The van der Waals surface area contributed by atoms with E-state index in [0.29, 0.717) is 5.82 Å². The molecule has 7 heteroatoms. The van der Waals surface area contributed by atoms with Crippen molar-refractivity contribution < 1.29 is 14.8 Å². The van der Waals surface area contributed by atoms with Gasteiger partial charge in [0.15, 0.2) is 0 Å². The lowest BCUT2D eigenvalue weighted by Crippen LogP contribution is -2.34. The van der Waals surface area contributed by atoms with E-state index in [-0.39, 0.29) is 11.6 Å². The molecule has 0 fully saturated rings. The van der Waals surface area contributed by atoms with Crippen LogP contribution in [0.5, 0.6) is 0 Å². The van der Waals surface area contributed by atoms with Gasteiger partial charge in [-0.25, -0.2) is 9.78 Å². The third kappa shape index (κ3) is 4.14. The predicted molar refractivity (Wildman–Crippen MR) is 79.9 cm³/mol. The number of carboxylic acids is 1. The van der Waals surface area contributed by atoms with Gasteiger partial charge in [-0.3, -0.25) is 10.1 Å². The Morgan fingerprint density at radius 2 is 2.19 bits per heavy atom. The zero-order valence-electron chi connectivity index (χ0n) is 12.6. The van der Waals surface area contributed by atoms with Crippen molar-refractivity contribution in [2.45, 2.75) is 46.1 Å². The molecule has 0 amide bonds. The number of hydrogen-bond donors (Lipinski definition) is 1. The Kier molecular flexibility index (Phi) is 6.08. The maximum Gasteiger partial charge on any atom is 0.342 e. The highest BCUT2D eigenvalue weighted by Crippen LogP contribution is 2.24. The van der Waals surface area contributed by atoms with Gasteiger partial charge < -0.3 is 10.0 Å². The van der Waals surface area contributed by atoms with Crippen LogP contribution in [-0.4, -0.2) is 33.6 Å². The summed E-state index contributed by atoms with van der Waals surface area (Å²) in [6.07, 6.45) is 3.86. The molecule has 1 unspecified atom stereocenters. The average molecular weight is 295 g/mol. The summed E-state index contributed by atoms with van der Waals surface area (Å²) in [4.78, 5) is 27.4. The zero-order chi connectivity index (χ0) is 16.0. The number of unbranched alkanes of at least 4 members (excludes halogenated alkanes) is 1. The van der Waals surface area contributed by atoms with Gasteiger partial charge in [-0.1, -0.05) is 20.3 Å². The summed E-state index contributed by atoms with van der Waals surface area (Å²) in [5.74, 6) is -0.842. The van der Waals surface area contributed by atoms with Crippen molar-refractivity contribution in [3.05, 3.63) is 27.9 Å². The van der Waals surface area contributed by atoms with Crippen LogP contribution >= 0.6 is 0 Å². The molecule has 0 saturated heterocycles. The predicted octanol–water partition coefficient (Wildman–Crippen LogP) is 3.09. The Morgan fingerprint density at radius 1 is 1.52 bits per heavy atom. The number of aromatic nitrogens is 1. The summed E-state index contributed by atoms with van der Waals surface area (Å²) in [6.45, 7) is 6.88. The van der Waals surface area contributed by atoms with Crippen LogP contribution in [0.3, 0.4) is 0 Å². The second-order valence-electron chi connectivity index (χ2n) is 4.93. The monoisotopic (exact) mass is 295 g/mol. The molecule has 0 radical (unpaired) electrons. The van der Waals surface area contributed by atoms with Gasteiger partial charge in [-0.2, -0.15) is 0 Å². The number of carbonyl (C=O) groups is 1. The minimum absolute atomic E-state index is 0.187. The molecule has 1 atom stereocenters. The molecule has 21 heavy (non-hydrogen) atoms. The Bertz CT molecular complexity index is 519. The summed E-state index contributed by atoms with van der Waals surface area (Å²) < 4.78 is 0. The number of hydrogen-bond acceptors (Lipinski definition) is 5. The second-order valence-corrected chi connectivity index (χ2v) is 4.93. The molecule has 0 bridgehead atoms. The van der Waals surface area contributed by atoms with Crippen LogP contribution in [0.25, 0.3) is 0 Å². The first-order valence-electron chi connectivity index (χ1n) is 7.06. The maximum atomic E-state index is 11.2. The quantitative estimate of drug-likeness (QED) is 0.584. The summed E-state index contributed by atoms with van der Waals surface area (Å²) in [6, 6.07) is 1.48. The molecule has 7 nitrogen and oxygen atoms in total. The second kappa shape index (κ2) is 7.56. The Hall–Kier alpha value is -2.18. The molecule has 116 valence electrons. The Morgan fingerprint density at radius 3 is 2.67 bits per heavy atom. The van der Waals surface area contributed by atoms with E-state index in [4.69, 9.17) is 5.11 Å². The van der Waals surface area contributed by atoms with Crippen LogP contribution in [0.2, 0.25) is 0 Å². The SMILES string of the molecule is CCCCN(c1cc(C(=O)O)c([N+](=O)[O-])cn1)C(C)CC. The van der Waals surface area contributed by atoms with Gasteiger partial charge in [-0.05, 0) is 19.8 Å². The van der Waals surface area contributed by atoms with Crippen molar-refractivity contribution >= 4 is 17.5 Å². The fraction of sp³-hybridized carbons (Fsp3) is 0.571. The van der Waals surface area contributed by atoms with Gasteiger partial charge in [0.25, 0.3) is 0 Å². The Labute approximate surface area is 123 Å².